The quantitative estimate of drug-likeness (QED) is 0.240. The minimum Gasteiger partial charge on any atom is -0.462 e. The van der Waals surface area contributed by atoms with Crippen LogP contribution in [0.15, 0.2) is 47.4 Å². The number of aromatic nitrogens is 2. The lowest BCUT2D eigenvalue weighted by Gasteiger charge is -2.25. The van der Waals surface area contributed by atoms with E-state index in [9.17, 15) is 19.3 Å². The Morgan fingerprint density at radius 1 is 1.29 bits per heavy atom. The summed E-state index contributed by atoms with van der Waals surface area (Å²) in [5, 5.41) is 13.3. The van der Waals surface area contributed by atoms with Gasteiger partial charge in [-0.05, 0) is 45.1 Å². The van der Waals surface area contributed by atoms with Crippen LogP contribution in [-0.4, -0.2) is 51.6 Å². The zero-order valence-corrected chi connectivity index (χ0v) is 21.5. The molecule has 0 radical (unpaired) electrons. The van der Waals surface area contributed by atoms with Gasteiger partial charge in [0.25, 0.3) is 5.56 Å². The first-order valence-electron chi connectivity index (χ1n) is 11.1. The number of H-pyrrole nitrogens is 1. The van der Waals surface area contributed by atoms with Gasteiger partial charge in [-0.2, -0.15) is 5.09 Å². The maximum atomic E-state index is 13.6. The zero-order chi connectivity index (χ0) is 25.8. The van der Waals surface area contributed by atoms with Crippen LogP contribution in [0.25, 0.3) is 0 Å². The number of hydrogen-bond donors (Lipinski definition) is 3. The molecule has 0 aliphatic carbocycles. The zero-order valence-electron chi connectivity index (χ0n) is 19.8. The summed E-state index contributed by atoms with van der Waals surface area (Å²) in [7, 11) is -4.12. The van der Waals surface area contributed by atoms with E-state index in [4.69, 9.17) is 30.7 Å². The highest BCUT2D eigenvalue weighted by Gasteiger charge is 2.44. The van der Waals surface area contributed by atoms with Crippen molar-refractivity contribution in [1.82, 2.24) is 14.6 Å². The van der Waals surface area contributed by atoms with E-state index < -0.39 is 44.1 Å². The second kappa shape index (κ2) is 11.6. The van der Waals surface area contributed by atoms with Crippen LogP contribution in [0.4, 0.5) is 0 Å². The van der Waals surface area contributed by atoms with E-state index in [1.807, 2.05) is 0 Å². The van der Waals surface area contributed by atoms with E-state index in [0.717, 1.165) is 0 Å². The number of rotatable bonds is 10. The molecular weight excluding hydrogens is 497 g/mol. The molecule has 0 spiro atoms. The lowest BCUT2D eigenvalue weighted by Crippen LogP contribution is -2.37. The molecule has 192 valence electrons. The standard InChI is InChI=1S/C22H30N3O8PS/c1-13(2)31-21(28)15(4)24-34(29,33-16-8-6-5-7-9-16)30-12-17-19(27)14(3)20(32-17)25-11-10-18(26)23-22(25)35/h5-11,13-15,17,19-20,27H,12H2,1-4H3,(H,24,29)(H,23,26,35)/t14?,15-,17+,19+,20+,34?/m0/s1. The van der Waals surface area contributed by atoms with Gasteiger partial charge < -0.3 is 19.1 Å². The van der Waals surface area contributed by atoms with Crippen molar-refractivity contribution in [3.05, 3.63) is 57.7 Å². The van der Waals surface area contributed by atoms with Crippen molar-refractivity contribution in [2.45, 2.75) is 58.3 Å². The van der Waals surface area contributed by atoms with Gasteiger partial charge in [-0.3, -0.25) is 23.7 Å². The molecule has 0 saturated carbocycles. The predicted molar refractivity (Wildman–Crippen MR) is 129 cm³/mol. The van der Waals surface area contributed by atoms with Crippen LogP contribution in [0, 0.1) is 10.7 Å². The molecule has 35 heavy (non-hydrogen) atoms. The molecule has 2 unspecified atom stereocenters. The van der Waals surface area contributed by atoms with Gasteiger partial charge in [0.05, 0.1) is 18.8 Å². The van der Waals surface area contributed by atoms with Crippen LogP contribution in [0.3, 0.4) is 0 Å². The van der Waals surface area contributed by atoms with Crippen LogP contribution in [-0.2, 0) is 23.4 Å². The number of carbonyl (C=O) groups excluding carboxylic acids is 1. The maximum absolute atomic E-state index is 13.6. The Kier molecular flexibility index (Phi) is 9.03. The minimum atomic E-state index is -4.12. The van der Waals surface area contributed by atoms with Crippen molar-refractivity contribution in [3.8, 4) is 5.75 Å². The van der Waals surface area contributed by atoms with Crippen molar-refractivity contribution < 1.29 is 33.0 Å². The molecule has 1 saturated heterocycles. The minimum absolute atomic E-state index is 0.139. The van der Waals surface area contributed by atoms with E-state index in [-0.39, 0.29) is 28.8 Å². The number of aromatic amines is 1. The van der Waals surface area contributed by atoms with Gasteiger partial charge in [0.15, 0.2) is 4.77 Å². The van der Waals surface area contributed by atoms with Gasteiger partial charge in [0, 0.05) is 18.2 Å². The highest BCUT2D eigenvalue weighted by atomic mass is 32.1. The average Bonchev–Trinajstić information content (AvgIpc) is 3.06. The lowest BCUT2D eigenvalue weighted by atomic mass is 10.0. The normalized spacial score (nSPS) is 24.6. The Morgan fingerprint density at radius 2 is 1.97 bits per heavy atom. The molecular formula is C22H30N3O8PS. The van der Waals surface area contributed by atoms with E-state index >= 15 is 0 Å². The highest BCUT2D eigenvalue weighted by Crippen LogP contribution is 2.46. The summed E-state index contributed by atoms with van der Waals surface area (Å²) in [6.45, 7) is 6.32. The summed E-state index contributed by atoms with van der Waals surface area (Å²) in [5.41, 5.74) is -0.354. The summed E-state index contributed by atoms with van der Waals surface area (Å²) in [6.07, 6.45) is -1.46. The Balaban J connectivity index is 1.75. The lowest BCUT2D eigenvalue weighted by molar-refractivity contribution is -0.149. The number of hydrogen-bond acceptors (Lipinski definition) is 9. The number of ether oxygens (including phenoxy) is 2. The monoisotopic (exact) mass is 527 g/mol. The summed E-state index contributed by atoms with van der Waals surface area (Å²) in [6, 6.07) is 8.62. The number of nitrogens with one attached hydrogen (secondary N) is 2. The van der Waals surface area contributed by atoms with Crippen LogP contribution < -0.4 is 15.2 Å². The van der Waals surface area contributed by atoms with Crippen molar-refractivity contribution in [1.29, 1.82) is 0 Å². The van der Waals surface area contributed by atoms with Crippen molar-refractivity contribution >= 4 is 25.9 Å². The SMILES string of the molecule is CC(C)OC(=O)[C@H](C)NP(=O)(OC[C@H]1O[C@@H](n2ccc(=O)[nH]c2=S)C(C)[C@H]1O)Oc1ccccc1. The molecule has 1 aromatic carbocycles. The third-order valence-corrected chi connectivity index (χ3v) is 7.20. The van der Waals surface area contributed by atoms with E-state index in [2.05, 4.69) is 10.1 Å². The Labute approximate surface area is 208 Å². The smallest absolute Gasteiger partial charge is 0.459 e. The molecule has 3 rings (SSSR count). The first-order valence-corrected chi connectivity index (χ1v) is 13.1. The molecule has 0 bridgehead atoms. The van der Waals surface area contributed by atoms with Crippen molar-refractivity contribution in [2.75, 3.05) is 6.61 Å². The summed E-state index contributed by atoms with van der Waals surface area (Å²) >= 11 is 5.20. The van der Waals surface area contributed by atoms with E-state index in [1.165, 1.54) is 23.8 Å². The first-order chi connectivity index (χ1) is 16.5. The van der Waals surface area contributed by atoms with Gasteiger partial charge in [-0.25, -0.2) is 4.57 Å². The summed E-state index contributed by atoms with van der Waals surface area (Å²) in [5.74, 6) is -0.797. The van der Waals surface area contributed by atoms with Gasteiger partial charge >= 0.3 is 13.7 Å². The van der Waals surface area contributed by atoms with Gasteiger partial charge in [-0.15, -0.1) is 0 Å². The molecule has 11 nitrogen and oxygen atoms in total. The van der Waals surface area contributed by atoms with Crippen LogP contribution in [0.2, 0.25) is 0 Å². The number of esters is 1. The fourth-order valence-electron chi connectivity index (χ4n) is 3.48. The number of nitrogens with zero attached hydrogens (tertiary/aromatic N) is 1. The van der Waals surface area contributed by atoms with Gasteiger partial charge in [0.2, 0.25) is 0 Å². The fraction of sp³-hybridized carbons (Fsp3) is 0.500. The van der Waals surface area contributed by atoms with Crippen LogP contribution >= 0.6 is 20.0 Å². The van der Waals surface area contributed by atoms with Crippen molar-refractivity contribution in [2.24, 2.45) is 5.92 Å². The Morgan fingerprint density at radius 3 is 2.60 bits per heavy atom. The highest BCUT2D eigenvalue weighted by molar-refractivity contribution is 7.71. The molecule has 13 heteroatoms. The average molecular weight is 528 g/mol. The van der Waals surface area contributed by atoms with Crippen LogP contribution in [0.1, 0.15) is 33.9 Å². The predicted octanol–water partition coefficient (Wildman–Crippen LogP) is 2.93. The molecule has 3 N–H and O–H groups in total. The number of carbonyl (C=O) groups is 1. The number of benzene rings is 1. The fourth-order valence-corrected chi connectivity index (χ4v) is 5.25. The van der Waals surface area contributed by atoms with Gasteiger partial charge in [0.1, 0.15) is 24.1 Å². The van der Waals surface area contributed by atoms with E-state index in [1.54, 1.807) is 51.1 Å². The third kappa shape index (κ3) is 7.09. The molecule has 2 heterocycles. The Bertz CT molecular complexity index is 1170. The number of aliphatic hydroxyl groups is 1. The molecule has 1 aliphatic heterocycles. The second-order valence-corrected chi connectivity index (χ2v) is 10.5. The molecule has 2 aromatic rings. The number of para-hydroxylation sites is 1. The largest absolute Gasteiger partial charge is 0.462 e. The van der Waals surface area contributed by atoms with E-state index in [0.29, 0.717) is 0 Å². The Hall–Kier alpha value is -2.34. The molecule has 1 aromatic heterocycles. The molecule has 6 atom stereocenters. The summed E-state index contributed by atoms with van der Waals surface area (Å²) in [4.78, 5) is 26.3. The first kappa shape index (κ1) is 27.3. The third-order valence-electron chi connectivity index (χ3n) is 5.24. The maximum Gasteiger partial charge on any atom is 0.459 e. The van der Waals surface area contributed by atoms with Crippen LogP contribution in [0.5, 0.6) is 5.75 Å². The van der Waals surface area contributed by atoms with Crippen molar-refractivity contribution in [3.63, 3.8) is 0 Å². The summed E-state index contributed by atoms with van der Waals surface area (Å²) < 4.78 is 37.6. The van der Waals surface area contributed by atoms with Gasteiger partial charge in [-0.1, -0.05) is 25.1 Å². The molecule has 1 fully saturated rings. The topological polar surface area (TPSA) is 141 Å². The molecule has 0 amide bonds. The number of aliphatic hydroxyl groups excluding tert-OH is 1. The second-order valence-electron chi connectivity index (χ2n) is 8.47. The molecule has 1 aliphatic rings.